The van der Waals surface area contributed by atoms with E-state index in [-0.39, 0.29) is 23.3 Å². The molecule has 0 aliphatic heterocycles. The van der Waals surface area contributed by atoms with Crippen molar-refractivity contribution >= 4 is 17.7 Å². The van der Waals surface area contributed by atoms with Crippen LogP contribution in [0.15, 0.2) is 35.2 Å². The Balaban J connectivity index is 2.78. The molecule has 3 nitrogen and oxygen atoms in total. The number of carbonyl (C=O) groups is 1. The Morgan fingerprint density at radius 2 is 1.83 bits per heavy atom. The minimum atomic E-state index is -0.0520. The highest BCUT2D eigenvalue weighted by molar-refractivity contribution is 8.00. The fourth-order valence-electron chi connectivity index (χ4n) is 2.46. The van der Waals surface area contributed by atoms with E-state index in [0.717, 1.165) is 17.7 Å². The van der Waals surface area contributed by atoms with Crippen LogP contribution in [0.25, 0.3) is 0 Å². The van der Waals surface area contributed by atoms with Crippen LogP contribution in [0.4, 0.5) is 0 Å². The number of unbranched alkanes of at least 4 members (excludes halogenated alkanes) is 3. The van der Waals surface area contributed by atoms with Crippen LogP contribution in [-0.2, 0) is 9.53 Å². The molecule has 0 saturated heterocycles. The Hall–Kier alpha value is -1.00. The predicted octanol–water partition coefficient (Wildman–Crippen LogP) is 5.25. The largest absolute Gasteiger partial charge is 0.375 e. The Morgan fingerprint density at radius 1 is 1.12 bits per heavy atom. The highest BCUT2D eigenvalue weighted by Crippen LogP contribution is 2.27. The first-order chi connectivity index (χ1) is 11.6. The summed E-state index contributed by atoms with van der Waals surface area (Å²) in [5, 5.41) is 3.14. The van der Waals surface area contributed by atoms with E-state index < -0.39 is 0 Å². The number of hydrogen-bond donors (Lipinski definition) is 1. The summed E-state index contributed by atoms with van der Waals surface area (Å²) in [6.45, 7) is 8.76. The van der Waals surface area contributed by atoms with E-state index in [9.17, 15) is 4.79 Å². The second-order valence-corrected chi connectivity index (χ2v) is 7.57. The van der Waals surface area contributed by atoms with Crippen molar-refractivity contribution in [2.45, 2.75) is 76.2 Å². The lowest BCUT2D eigenvalue weighted by Gasteiger charge is -2.28. The van der Waals surface area contributed by atoms with Crippen molar-refractivity contribution in [1.29, 1.82) is 0 Å². The van der Waals surface area contributed by atoms with Gasteiger partial charge in [0.15, 0.2) is 0 Å². The van der Waals surface area contributed by atoms with Gasteiger partial charge < -0.3 is 10.1 Å². The molecule has 0 unspecified atom stereocenters. The van der Waals surface area contributed by atoms with Gasteiger partial charge in [0.1, 0.15) is 5.37 Å². The standard InChI is InChI=1S/C20H33NO2S/c1-5-7-8-12-15-18(23-6-2)20(21-19(22)16(3)4)24-17-13-10-9-11-14-17/h9-11,13-14,16,18,20H,5-8,12,15H2,1-4H3,(H,21,22)/t18-,20+/m1/s1. The minimum Gasteiger partial charge on any atom is -0.375 e. The summed E-state index contributed by atoms with van der Waals surface area (Å²) in [5.41, 5.74) is 0. The van der Waals surface area contributed by atoms with Crippen LogP contribution in [0.5, 0.6) is 0 Å². The quantitative estimate of drug-likeness (QED) is 0.317. The molecule has 0 aromatic heterocycles. The molecule has 1 rings (SSSR count). The zero-order valence-electron chi connectivity index (χ0n) is 15.6. The molecule has 0 saturated carbocycles. The average molecular weight is 352 g/mol. The minimum absolute atomic E-state index is 0.0220. The summed E-state index contributed by atoms with van der Waals surface area (Å²) in [4.78, 5) is 13.4. The maximum Gasteiger partial charge on any atom is 0.223 e. The number of amides is 1. The summed E-state index contributed by atoms with van der Waals surface area (Å²) in [5.74, 6) is 0.0629. The molecule has 0 fully saturated rings. The van der Waals surface area contributed by atoms with Crippen molar-refractivity contribution in [3.63, 3.8) is 0 Å². The third-order valence-electron chi connectivity index (χ3n) is 3.88. The Bertz CT molecular complexity index is 450. The maximum absolute atomic E-state index is 12.2. The topological polar surface area (TPSA) is 38.3 Å². The fraction of sp³-hybridized carbons (Fsp3) is 0.650. The van der Waals surface area contributed by atoms with E-state index >= 15 is 0 Å². The summed E-state index contributed by atoms with van der Waals surface area (Å²) < 4.78 is 6.00. The van der Waals surface area contributed by atoms with Gasteiger partial charge in [-0.15, -0.1) is 0 Å². The van der Waals surface area contributed by atoms with E-state index in [1.807, 2.05) is 39.0 Å². The molecular formula is C20H33NO2S. The highest BCUT2D eigenvalue weighted by atomic mass is 32.2. The smallest absolute Gasteiger partial charge is 0.223 e. The van der Waals surface area contributed by atoms with E-state index in [2.05, 4.69) is 24.4 Å². The van der Waals surface area contributed by atoms with Crippen molar-refractivity contribution in [3.05, 3.63) is 30.3 Å². The van der Waals surface area contributed by atoms with Crippen LogP contribution in [-0.4, -0.2) is 24.0 Å². The molecule has 136 valence electrons. The number of thioether (sulfide) groups is 1. The monoisotopic (exact) mass is 351 g/mol. The maximum atomic E-state index is 12.2. The van der Waals surface area contributed by atoms with Gasteiger partial charge in [-0.1, -0.05) is 76.4 Å². The number of ether oxygens (including phenoxy) is 1. The molecule has 1 aromatic carbocycles. The van der Waals surface area contributed by atoms with Crippen molar-refractivity contribution in [1.82, 2.24) is 5.32 Å². The first-order valence-electron chi connectivity index (χ1n) is 9.22. The van der Waals surface area contributed by atoms with Crippen LogP contribution in [0, 0.1) is 5.92 Å². The third kappa shape index (κ3) is 8.20. The fourth-order valence-corrected chi connectivity index (χ4v) is 3.61. The van der Waals surface area contributed by atoms with E-state index in [0.29, 0.717) is 6.61 Å². The van der Waals surface area contributed by atoms with Gasteiger partial charge >= 0.3 is 0 Å². The normalized spacial score (nSPS) is 13.7. The van der Waals surface area contributed by atoms with Crippen LogP contribution in [0.3, 0.4) is 0 Å². The number of benzene rings is 1. The molecule has 0 aliphatic rings. The van der Waals surface area contributed by atoms with Crippen LogP contribution in [0.2, 0.25) is 0 Å². The van der Waals surface area contributed by atoms with Crippen molar-refractivity contribution in [2.24, 2.45) is 5.92 Å². The number of hydrogen-bond acceptors (Lipinski definition) is 3. The molecular weight excluding hydrogens is 318 g/mol. The van der Waals surface area contributed by atoms with Gasteiger partial charge in [0.05, 0.1) is 6.10 Å². The second kappa shape index (κ2) is 12.4. The zero-order chi connectivity index (χ0) is 17.8. The van der Waals surface area contributed by atoms with Gasteiger partial charge in [-0.3, -0.25) is 4.79 Å². The molecule has 0 heterocycles. The van der Waals surface area contributed by atoms with Crippen molar-refractivity contribution < 1.29 is 9.53 Å². The summed E-state index contributed by atoms with van der Waals surface area (Å²) in [6.07, 6.45) is 5.87. The van der Waals surface area contributed by atoms with Crippen molar-refractivity contribution in [3.8, 4) is 0 Å². The summed E-state index contributed by atoms with van der Waals surface area (Å²) >= 11 is 1.69. The van der Waals surface area contributed by atoms with E-state index in [1.165, 1.54) is 19.3 Å². The molecule has 1 N–H and O–H groups in total. The first-order valence-corrected chi connectivity index (χ1v) is 10.1. The van der Waals surface area contributed by atoms with Gasteiger partial charge in [-0.2, -0.15) is 0 Å². The summed E-state index contributed by atoms with van der Waals surface area (Å²) in [7, 11) is 0. The predicted molar refractivity (Wildman–Crippen MR) is 103 cm³/mol. The molecule has 1 amide bonds. The first kappa shape index (κ1) is 21.0. The molecule has 0 aliphatic carbocycles. The lowest BCUT2D eigenvalue weighted by atomic mass is 10.1. The Labute approximate surface area is 151 Å². The number of rotatable bonds is 12. The van der Waals surface area contributed by atoms with Crippen LogP contribution in [0.1, 0.15) is 59.8 Å². The highest BCUT2D eigenvalue weighted by Gasteiger charge is 2.25. The van der Waals surface area contributed by atoms with Crippen LogP contribution >= 0.6 is 11.8 Å². The Morgan fingerprint density at radius 3 is 2.42 bits per heavy atom. The Kier molecular flexibility index (Phi) is 10.9. The van der Waals surface area contributed by atoms with Crippen molar-refractivity contribution in [2.75, 3.05) is 6.61 Å². The van der Waals surface area contributed by atoms with Gasteiger partial charge in [-0.05, 0) is 25.5 Å². The molecule has 2 atom stereocenters. The zero-order valence-corrected chi connectivity index (χ0v) is 16.4. The SMILES string of the molecule is CCCCCC[C@@H](OCC)[C@@H](NC(=O)C(C)C)Sc1ccccc1. The van der Waals surface area contributed by atoms with Gasteiger partial charge in [-0.25, -0.2) is 0 Å². The van der Waals surface area contributed by atoms with Crippen LogP contribution < -0.4 is 5.32 Å². The van der Waals surface area contributed by atoms with Gasteiger partial charge in [0.2, 0.25) is 5.91 Å². The molecule has 24 heavy (non-hydrogen) atoms. The van der Waals surface area contributed by atoms with Gasteiger partial charge in [0, 0.05) is 17.4 Å². The van der Waals surface area contributed by atoms with Gasteiger partial charge in [0.25, 0.3) is 0 Å². The lowest BCUT2D eigenvalue weighted by Crippen LogP contribution is -2.44. The molecule has 0 bridgehead atoms. The van der Waals surface area contributed by atoms with E-state index in [4.69, 9.17) is 4.74 Å². The molecule has 4 heteroatoms. The van der Waals surface area contributed by atoms with E-state index in [1.54, 1.807) is 11.8 Å². The average Bonchev–Trinajstić information content (AvgIpc) is 2.58. The molecule has 1 aromatic rings. The lowest BCUT2D eigenvalue weighted by molar-refractivity contribution is -0.125. The molecule has 0 radical (unpaired) electrons. The number of carbonyl (C=O) groups excluding carboxylic acids is 1. The number of nitrogens with one attached hydrogen (secondary N) is 1. The summed E-state index contributed by atoms with van der Waals surface area (Å²) in [6, 6.07) is 10.2. The molecule has 0 spiro atoms. The second-order valence-electron chi connectivity index (χ2n) is 6.36. The third-order valence-corrected chi connectivity index (χ3v) is 5.10.